The number of benzene rings is 3. The number of aromatic carboxylic acids is 1. The molecule has 0 spiro atoms. The third-order valence-electron chi connectivity index (χ3n) is 4.36. The Morgan fingerprint density at radius 2 is 1.62 bits per heavy atom. The molecule has 29 heavy (non-hydrogen) atoms. The molecule has 3 rings (SSSR count). The molecule has 0 fully saturated rings. The van der Waals surface area contributed by atoms with Gasteiger partial charge in [-0.25, -0.2) is 13.2 Å². The molecule has 0 atom stereocenters. The van der Waals surface area contributed by atoms with Gasteiger partial charge in [-0.1, -0.05) is 60.7 Å². The van der Waals surface area contributed by atoms with Crippen LogP contribution >= 0.6 is 0 Å². The van der Waals surface area contributed by atoms with E-state index in [-0.39, 0.29) is 5.56 Å². The highest BCUT2D eigenvalue weighted by atomic mass is 32.2. The molecule has 148 valence electrons. The van der Waals surface area contributed by atoms with Crippen molar-refractivity contribution >= 4 is 27.8 Å². The third-order valence-corrected chi connectivity index (χ3v) is 5.37. The number of carboxylic acid groups (broad SMARTS) is 1. The molecule has 0 unspecified atom stereocenters. The lowest BCUT2D eigenvalue weighted by Gasteiger charge is -2.09. The molecule has 0 bridgehead atoms. The Bertz CT molecular complexity index is 1120. The van der Waals surface area contributed by atoms with Crippen LogP contribution in [-0.4, -0.2) is 19.5 Å². The van der Waals surface area contributed by atoms with Crippen LogP contribution in [-0.2, 0) is 22.9 Å². The van der Waals surface area contributed by atoms with Crippen molar-refractivity contribution in [3.63, 3.8) is 0 Å². The molecular formula is C23H21NO4S. The maximum atomic E-state index is 12.3. The lowest BCUT2D eigenvalue weighted by atomic mass is 10.00. The van der Waals surface area contributed by atoms with E-state index in [1.165, 1.54) is 6.08 Å². The predicted octanol–water partition coefficient (Wildman–Crippen LogP) is 4.58. The van der Waals surface area contributed by atoms with Crippen LogP contribution in [0.2, 0.25) is 0 Å². The van der Waals surface area contributed by atoms with Gasteiger partial charge < -0.3 is 5.11 Å². The fraction of sp³-hybridized carbons (Fsp3) is 0.0870. The molecule has 0 radical (unpaired) electrons. The number of aryl methyl sites for hydroxylation is 2. The molecular weight excluding hydrogens is 386 g/mol. The number of sulfonamides is 1. The summed E-state index contributed by atoms with van der Waals surface area (Å²) in [4.78, 5) is 11.3. The van der Waals surface area contributed by atoms with Crippen LogP contribution in [0.1, 0.15) is 27.0 Å². The Hall–Kier alpha value is -3.38. The number of hydrogen-bond acceptors (Lipinski definition) is 3. The summed E-state index contributed by atoms with van der Waals surface area (Å²) < 4.78 is 27.2. The second-order valence-electron chi connectivity index (χ2n) is 6.52. The van der Waals surface area contributed by atoms with Gasteiger partial charge in [-0.2, -0.15) is 0 Å². The van der Waals surface area contributed by atoms with Gasteiger partial charge in [0.25, 0.3) is 10.0 Å². The normalized spacial score (nSPS) is 11.4. The number of rotatable bonds is 8. The first-order chi connectivity index (χ1) is 13.9. The average Bonchev–Trinajstić information content (AvgIpc) is 2.72. The van der Waals surface area contributed by atoms with Gasteiger partial charge in [0.2, 0.25) is 0 Å². The zero-order valence-electron chi connectivity index (χ0n) is 15.7. The van der Waals surface area contributed by atoms with E-state index < -0.39 is 16.0 Å². The smallest absolute Gasteiger partial charge is 0.335 e. The molecule has 0 heterocycles. The van der Waals surface area contributed by atoms with Crippen LogP contribution in [0, 0.1) is 0 Å². The minimum Gasteiger partial charge on any atom is -0.478 e. The van der Waals surface area contributed by atoms with E-state index in [1.54, 1.807) is 36.4 Å². The number of hydrogen-bond donors (Lipinski definition) is 2. The highest BCUT2D eigenvalue weighted by Crippen LogP contribution is 2.17. The van der Waals surface area contributed by atoms with Crippen molar-refractivity contribution in [1.29, 1.82) is 0 Å². The van der Waals surface area contributed by atoms with Crippen LogP contribution < -0.4 is 4.72 Å². The SMILES string of the molecule is O=C(O)c1ccccc1CCc1cccc(NS(=O)(=O)C=Cc2ccccc2)c1. The van der Waals surface area contributed by atoms with Gasteiger partial charge in [0, 0.05) is 5.69 Å². The zero-order chi connectivity index (χ0) is 20.7. The Labute approximate surface area is 170 Å². The molecule has 0 aromatic heterocycles. The van der Waals surface area contributed by atoms with E-state index in [4.69, 9.17) is 0 Å². The maximum absolute atomic E-state index is 12.3. The van der Waals surface area contributed by atoms with Crippen LogP contribution in [0.3, 0.4) is 0 Å². The molecule has 2 N–H and O–H groups in total. The Balaban J connectivity index is 1.68. The minimum atomic E-state index is -3.64. The molecule has 5 nitrogen and oxygen atoms in total. The van der Waals surface area contributed by atoms with Crippen molar-refractivity contribution in [2.45, 2.75) is 12.8 Å². The second-order valence-corrected chi connectivity index (χ2v) is 8.09. The molecule has 6 heteroatoms. The Morgan fingerprint density at radius 1 is 0.897 bits per heavy atom. The fourth-order valence-electron chi connectivity index (χ4n) is 2.95. The third kappa shape index (κ3) is 6.05. The van der Waals surface area contributed by atoms with Crippen molar-refractivity contribution in [3.05, 3.63) is 107 Å². The van der Waals surface area contributed by atoms with Gasteiger partial charge in [-0.3, -0.25) is 4.72 Å². The first-order valence-corrected chi connectivity index (χ1v) is 10.6. The van der Waals surface area contributed by atoms with Crippen LogP contribution in [0.5, 0.6) is 0 Å². The molecule has 0 aliphatic rings. The van der Waals surface area contributed by atoms with E-state index >= 15 is 0 Å². The van der Waals surface area contributed by atoms with Crippen molar-refractivity contribution in [3.8, 4) is 0 Å². The summed E-state index contributed by atoms with van der Waals surface area (Å²) in [5.41, 5.74) is 3.21. The van der Waals surface area contributed by atoms with Crippen molar-refractivity contribution in [2.24, 2.45) is 0 Å². The predicted molar refractivity (Wildman–Crippen MR) is 115 cm³/mol. The number of anilines is 1. The first kappa shape index (κ1) is 20.4. The van der Waals surface area contributed by atoms with Crippen LogP contribution in [0.25, 0.3) is 6.08 Å². The molecule has 0 saturated carbocycles. The molecule has 3 aromatic rings. The number of nitrogens with one attached hydrogen (secondary N) is 1. The van der Waals surface area contributed by atoms with E-state index in [9.17, 15) is 18.3 Å². The Kier molecular flexibility index (Phi) is 6.46. The monoisotopic (exact) mass is 407 g/mol. The molecule has 3 aromatic carbocycles. The second kappa shape index (κ2) is 9.21. The fourth-order valence-corrected chi connectivity index (χ4v) is 3.81. The van der Waals surface area contributed by atoms with Crippen molar-refractivity contribution < 1.29 is 18.3 Å². The summed E-state index contributed by atoms with van der Waals surface area (Å²) in [6.07, 6.45) is 2.68. The summed E-state index contributed by atoms with van der Waals surface area (Å²) in [5, 5.41) is 10.4. The maximum Gasteiger partial charge on any atom is 0.335 e. The lowest BCUT2D eigenvalue weighted by molar-refractivity contribution is 0.0695. The van der Waals surface area contributed by atoms with Gasteiger partial charge in [-0.15, -0.1) is 0 Å². The molecule has 0 aliphatic carbocycles. The van der Waals surface area contributed by atoms with Crippen LogP contribution in [0.15, 0.2) is 84.3 Å². The summed E-state index contributed by atoms with van der Waals surface area (Å²) in [7, 11) is -3.64. The summed E-state index contributed by atoms with van der Waals surface area (Å²) in [5.74, 6) is -0.952. The van der Waals surface area contributed by atoms with Gasteiger partial charge >= 0.3 is 5.97 Å². The quantitative estimate of drug-likeness (QED) is 0.572. The highest BCUT2D eigenvalue weighted by Gasteiger charge is 2.10. The summed E-state index contributed by atoms with van der Waals surface area (Å²) >= 11 is 0. The highest BCUT2D eigenvalue weighted by molar-refractivity contribution is 7.95. The largest absolute Gasteiger partial charge is 0.478 e. The van der Waals surface area contributed by atoms with Crippen molar-refractivity contribution in [1.82, 2.24) is 0 Å². The van der Waals surface area contributed by atoms with Crippen LogP contribution in [0.4, 0.5) is 5.69 Å². The Morgan fingerprint density at radius 3 is 2.38 bits per heavy atom. The molecule has 0 aliphatic heterocycles. The van der Waals surface area contributed by atoms with E-state index in [2.05, 4.69) is 4.72 Å². The summed E-state index contributed by atoms with van der Waals surface area (Å²) in [6.45, 7) is 0. The zero-order valence-corrected chi connectivity index (χ0v) is 16.5. The number of carboxylic acids is 1. The van der Waals surface area contributed by atoms with Crippen molar-refractivity contribution in [2.75, 3.05) is 4.72 Å². The average molecular weight is 407 g/mol. The minimum absolute atomic E-state index is 0.287. The van der Waals surface area contributed by atoms with Gasteiger partial charge in [0.05, 0.1) is 11.0 Å². The van der Waals surface area contributed by atoms with Gasteiger partial charge in [0.1, 0.15) is 0 Å². The van der Waals surface area contributed by atoms with E-state index in [1.807, 2.05) is 42.5 Å². The molecule has 0 saturated heterocycles. The first-order valence-electron chi connectivity index (χ1n) is 9.09. The lowest BCUT2D eigenvalue weighted by Crippen LogP contribution is -2.09. The topological polar surface area (TPSA) is 83.5 Å². The molecule has 0 amide bonds. The summed E-state index contributed by atoms with van der Waals surface area (Å²) in [6, 6.07) is 23.2. The standard InChI is InChI=1S/C23H21NO4S/c25-23(26)22-12-5-4-10-20(22)14-13-19-9-6-11-21(17-19)24-29(27,28)16-15-18-7-2-1-3-8-18/h1-12,15-17,24H,13-14H2,(H,25,26). The number of carbonyl (C=O) groups is 1. The van der Waals surface area contributed by atoms with Gasteiger partial charge in [-0.05, 0) is 53.8 Å². The van der Waals surface area contributed by atoms with E-state index in [0.717, 1.165) is 22.1 Å². The van der Waals surface area contributed by atoms with Gasteiger partial charge in [0.15, 0.2) is 0 Å². The van der Waals surface area contributed by atoms with E-state index in [0.29, 0.717) is 18.5 Å².